The third kappa shape index (κ3) is 2.62. The van der Waals surface area contributed by atoms with Crippen molar-refractivity contribution in [3.63, 3.8) is 0 Å². The van der Waals surface area contributed by atoms with E-state index in [0.717, 1.165) is 0 Å². The summed E-state index contributed by atoms with van der Waals surface area (Å²) in [7, 11) is 0. The first kappa shape index (κ1) is 12.0. The molecular weight excluding hydrogens is 220 g/mol. The summed E-state index contributed by atoms with van der Waals surface area (Å²) < 4.78 is 5.39. The summed E-state index contributed by atoms with van der Waals surface area (Å²) >= 11 is 0. The Morgan fingerprint density at radius 1 is 1.65 bits per heavy atom. The number of rotatable bonds is 2. The van der Waals surface area contributed by atoms with Crippen molar-refractivity contribution >= 4 is 5.91 Å². The lowest BCUT2D eigenvalue weighted by atomic mass is 10.2. The first-order valence-electron chi connectivity index (χ1n) is 5.67. The number of hydrogen-bond donors (Lipinski definition) is 1. The van der Waals surface area contributed by atoms with Gasteiger partial charge in [-0.1, -0.05) is 6.07 Å². The standard InChI is InChI=1S/C12H16N2O3/c1-9-8-17-10(7-15)6-14(9)12(16)11-4-2-3-5-13-11/h2-5,9-10,15H,6-8H2,1H3. The fraction of sp³-hybridized carbons (Fsp3) is 0.500. The molecule has 0 spiro atoms. The monoisotopic (exact) mass is 236 g/mol. The lowest BCUT2D eigenvalue weighted by molar-refractivity contribution is -0.0668. The summed E-state index contributed by atoms with van der Waals surface area (Å²) in [5.41, 5.74) is 0.429. The van der Waals surface area contributed by atoms with Crippen LogP contribution in [0.25, 0.3) is 0 Å². The Kier molecular flexibility index (Phi) is 3.71. The molecular formula is C12H16N2O3. The second-order valence-electron chi connectivity index (χ2n) is 4.16. The van der Waals surface area contributed by atoms with Crippen LogP contribution in [-0.2, 0) is 4.74 Å². The molecule has 2 atom stereocenters. The van der Waals surface area contributed by atoms with E-state index in [1.165, 1.54) is 0 Å². The Morgan fingerprint density at radius 3 is 3.12 bits per heavy atom. The van der Waals surface area contributed by atoms with Crippen LogP contribution in [0.1, 0.15) is 17.4 Å². The number of morpholine rings is 1. The fourth-order valence-electron chi connectivity index (χ4n) is 1.85. The molecule has 0 aliphatic carbocycles. The molecule has 1 aromatic heterocycles. The van der Waals surface area contributed by atoms with Crippen molar-refractivity contribution < 1.29 is 14.6 Å². The van der Waals surface area contributed by atoms with Crippen molar-refractivity contribution in [2.45, 2.75) is 19.1 Å². The minimum Gasteiger partial charge on any atom is -0.394 e. The third-order valence-electron chi connectivity index (χ3n) is 2.85. The summed E-state index contributed by atoms with van der Waals surface area (Å²) in [4.78, 5) is 17.9. The summed E-state index contributed by atoms with van der Waals surface area (Å²) in [6.07, 6.45) is 1.31. The van der Waals surface area contributed by atoms with Gasteiger partial charge >= 0.3 is 0 Å². The van der Waals surface area contributed by atoms with Gasteiger partial charge in [0.05, 0.1) is 25.4 Å². The second kappa shape index (κ2) is 5.25. The number of ether oxygens (including phenoxy) is 1. The highest BCUT2D eigenvalue weighted by molar-refractivity contribution is 5.92. The minimum atomic E-state index is -0.293. The van der Waals surface area contributed by atoms with Crippen LogP contribution in [0, 0.1) is 0 Å². The number of aliphatic hydroxyl groups is 1. The van der Waals surface area contributed by atoms with Crippen molar-refractivity contribution in [1.29, 1.82) is 0 Å². The SMILES string of the molecule is CC1COC(CO)CN1C(=O)c1ccccn1. The van der Waals surface area contributed by atoms with Crippen molar-refractivity contribution in [2.75, 3.05) is 19.8 Å². The van der Waals surface area contributed by atoms with Crippen LogP contribution in [0.5, 0.6) is 0 Å². The van der Waals surface area contributed by atoms with Crippen LogP contribution in [0.3, 0.4) is 0 Å². The van der Waals surface area contributed by atoms with Gasteiger partial charge < -0.3 is 14.7 Å². The molecule has 92 valence electrons. The lowest BCUT2D eigenvalue weighted by Crippen LogP contribution is -2.52. The Balaban J connectivity index is 2.12. The average molecular weight is 236 g/mol. The van der Waals surface area contributed by atoms with Gasteiger partial charge in [0, 0.05) is 12.7 Å². The smallest absolute Gasteiger partial charge is 0.272 e. The molecule has 1 aromatic rings. The molecule has 0 aromatic carbocycles. The quantitative estimate of drug-likeness (QED) is 0.802. The van der Waals surface area contributed by atoms with E-state index in [-0.39, 0.29) is 24.7 Å². The van der Waals surface area contributed by atoms with Crippen molar-refractivity contribution in [3.05, 3.63) is 30.1 Å². The molecule has 1 fully saturated rings. The number of carbonyl (C=O) groups is 1. The van der Waals surface area contributed by atoms with Gasteiger partial charge in [-0.15, -0.1) is 0 Å². The number of carbonyl (C=O) groups excluding carboxylic acids is 1. The molecule has 1 N–H and O–H groups in total. The Hall–Kier alpha value is -1.46. The van der Waals surface area contributed by atoms with E-state index in [9.17, 15) is 4.79 Å². The van der Waals surface area contributed by atoms with Crippen molar-refractivity contribution in [2.24, 2.45) is 0 Å². The van der Waals surface area contributed by atoms with E-state index in [1.54, 1.807) is 29.3 Å². The highest BCUT2D eigenvalue weighted by Gasteiger charge is 2.30. The van der Waals surface area contributed by atoms with Crippen LogP contribution >= 0.6 is 0 Å². The van der Waals surface area contributed by atoms with E-state index in [0.29, 0.717) is 18.8 Å². The average Bonchev–Trinajstić information content (AvgIpc) is 2.39. The molecule has 1 aliphatic heterocycles. The summed E-state index contributed by atoms with van der Waals surface area (Å²) in [6.45, 7) is 2.71. The summed E-state index contributed by atoms with van der Waals surface area (Å²) in [5.74, 6) is -0.111. The number of nitrogens with zero attached hydrogens (tertiary/aromatic N) is 2. The number of pyridine rings is 1. The maximum Gasteiger partial charge on any atom is 0.272 e. The molecule has 5 heteroatoms. The zero-order valence-electron chi connectivity index (χ0n) is 9.74. The highest BCUT2D eigenvalue weighted by Crippen LogP contribution is 2.14. The molecule has 0 bridgehead atoms. The minimum absolute atomic E-state index is 0.00676. The van der Waals surface area contributed by atoms with Crippen LogP contribution in [0.2, 0.25) is 0 Å². The first-order chi connectivity index (χ1) is 8.22. The van der Waals surface area contributed by atoms with Crippen LogP contribution in [0.15, 0.2) is 24.4 Å². The van der Waals surface area contributed by atoms with Gasteiger partial charge in [-0.2, -0.15) is 0 Å². The molecule has 1 amide bonds. The third-order valence-corrected chi connectivity index (χ3v) is 2.85. The van der Waals surface area contributed by atoms with Gasteiger partial charge in [0.15, 0.2) is 0 Å². The van der Waals surface area contributed by atoms with Crippen LogP contribution < -0.4 is 0 Å². The van der Waals surface area contributed by atoms with Crippen LogP contribution in [-0.4, -0.2) is 52.8 Å². The largest absolute Gasteiger partial charge is 0.394 e. The van der Waals surface area contributed by atoms with E-state index in [2.05, 4.69) is 4.98 Å². The Bertz CT molecular complexity index is 383. The van der Waals surface area contributed by atoms with Gasteiger partial charge in [-0.25, -0.2) is 0 Å². The van der Waals surface area contributed by atoms with Gasteiger partial charge in [0.1, 0.15) is 5.69 Å². The predicted molar refractivity (Wildman–Crippen MR) is 61.6 cm³/mol. The van der Waals surface area contributed by atoms with E-state index >= 15 is 0 Å². The van der Waals surface area contributed by atoms with E-state index < -0.39 is 0 Å². The number of aliphatic hydroxyl groups excluding tert-OH is 1. The van der Waals surface area contributed by atoms with E-state index in [4.69, 9.17) is 9.84 Å². The topological polar surface area (TPSA) is 62.7 Å². The Morgan fingerprint density at radius 2 is 2.47 bits per heavy atom. The maximum atomic E-state index is 12.2. The van der Waals surface area contributed by atoms with Gasteiger partial charge in [0.2, 0.25) is 0 Å². The fourth-order valence-corrected chi connectivity index (χ4v) is 1.85. The molecule has 0 radical (unpaired) electrons. The summed E-state index contributed by atoms with van der Waals surface area (Å²) in [5, 5.41) is 9.07. The lowest BCUT2D eigenvalue weighted by Gasteiger charge is -2.37. The Labute approximate surface area is 100 Å². The molecule has 2 unspecified atom stereocenters. The molecule has 2 rings (SSSR count). The molecule has 1 saturated heterocycles. The first-order valence-corrected chi connectivity index (χ1v) is 5.67. The molecule has 1 aliphatic rings. The zero-order valence-corrected chi connectivity index (χ0v) is 9.74. The number of aromatic nitrogens is 1. The molecule has 2 heterocycles. The van der Waals surface area contributed by atoms with Gasteiger partial charge in [0.25, 0.3) is 5.91 Å². The number of amides is 1. The summed E-state index contributed by atoms with van der Waals surface area (Å²) in [6, 6.07) is 5.26. The maximum absolute atomic E-state index is 12.2. The van der Waals surface area contributed by atoms with Gasteiger partial charge in [-0.05, 0) is 19.1 Å². The molecule has 0 saturated carbocycles. The second-order valence-corrected chi connectivity index (χ2v) is 4.16. The van der Waals surface area contributed by atoms with Crippen LogP contribution in [0.4, 0.5) is 0 Å². The van der Waals surface area contributed by atoms with Gasteiger partial charge in [-0.3, -0.25) is 9.78 Å². The van der Waals surface area contributed by atoms with Crippen molar-refractivity contribution in [1.82, 2.24) is 9.88 Å². The number of hydrogen-bond acceptors (Lipinski definition) is 4. The van der Waals surface area contributed by atoms with Crippen molar-refractivity contribution in [3.8, 4) is 0 Å². The predicted octanol–water partition coefficient (Wildman–Crippen LogP) is 0.303. The van der Waals surface area contributed by atoms with E-state index in [1.807, 2.05) is 6.92 Å². The zero-order chi connectivity index (χ0) is 12.3. The molecule has 17 heavy (non-hydrogen) atoms. The normalized spacial score (nSPS) is 24.7. The molecule has 5 nitrogen and oxygen atoms in total. The highest BCUT2D eigenvalue weighted by atomic mass is 16.5.